The normalized spacial score (nSPS) is 11.4. The van der Waals surface area contributed by atoms with Crippen LogP contribution >= 0.6 is 0 Å². The van der Waals surface area contributed by atoms with Gasteiger partial charge in [0.25, 0.3) is 0 Å². The lowest BCUT2D eigenvalue weighted by molar-refractivity contribution is 0.711. The highest BCUT2D eigenvalue weighted by Gasteiger charge is 2.10. The van der Waals surface area contributed by atoms with Gasteiger partial charge in [0.2, 0.25) is 0 Å². The zero-order valence-corrected chi connectivity index (χ0v) is 12.1. The van der Waals surface area contributed by atoms with E-state index in [0.29, 0.717) is 0 Å². The summed E-state index contributed by atoms with van der Waals surface area (Å²) in [7, 11) is 0. The fourth-order valence-corrected chi connectivity index (χ4v) is 2.10. The number of hydrogen-bond donors (Lipinski definition) is 1. The molecular formula is C17H24N2. The molecule has 0 fully saturated rings. The van der Waals surface area contributed by atoms with Gasteiger partial charge in [-0.3, -0.25) is 4.98 Å². The van der Waals surface area contributed by atoms with E-state index in [1.807, 2.05) is 38.4 Å². The number of aromatic nitrogens is 1. The van der Waals surface area contributed by atoms with E-state index < -0.39 is 0 Å². The zero-order chi connectivity index (χ0) is 14.1. The van der Waals surface area contributed by atoms with Gasteiger partial charge in [-0.2, -0.15) is 0 Å². The molecule has 2 heteroatoms. The second-order valence-corrected chi connectivity index (χ2v) is 4.22. The van der Waals surface area contributed by atoms with Gasteiger partial charge in [-0.25, -0.2) is 0 Å². The van der Waals surface area contributed by atoms with E-state index in [2.05, 4.69) is 36.2 Å². The van der Waals surface area contributed by atoms with Crippen LogP contribution in [-0.4, -0.2) is 4.98 Å². The first-order valence-corrected chi connectivity index (χ1v) is 7.03. The SMILES string of the molecule is CC.CCc1ccccc1C(N)Cc1ccncc1. The third-order valence-corrected chi connectivity index (χ3v) is 3.04. The van der Waals surface area contributed by atoms with Crippen molar-refractivity contribution in [3.63, 3.8) is 0 Å². The highest BCUT2D eigenvalue weighted by Crippen LogP contribution is 2.20. The minimum absolute atomic E-state index is 0.0635. The molecule has 19 heavy (non-hydrogen) atoms. The molecule has 2 rings (SSSR count). The van der Waals surface area contributed by atoms with Crippen LogP contribution in [0.25, 0.3) is 0 Å². The maximum absolute atomic E-state index is 6.28. The molecule has 0 saturated heterocycles. The van der Waals surface area contributed by atoms with Crippen LogP contribution < -0.4 is 5.73 Å². The predicted octanol–water partition coefficient (Wildman–Crippen LogP) is 3.91. The van der Waals surface area contributed by atoms with E-state index in [1.54, 1.807) is 0 Å². The summed E-state index contributed by atoms with van der Waals surface area (Å²) in [4.78, 5) is 4.02. The first-order chi connectivity index (χ1) is 9.31. The molecule has 2 aromatic rings. The van der Waals surface area contributed by atoms with Gasteiger partial charge in [0.1, 0.15) is 0 Å². The lowest BCUT2D eigenvalue weighted by Gasteiger charge is -2.15. The highest BCUT2D eigenvalue weighted by atomic mass is 14.6. The third-order valence-electron chi connectivity index (χ3n) is 3.04. The molecule has 0 aliphatic heterocycles. The number of pyridine rings is 1. The first-order valence-electron chi connectivity index (χ1n) is 7.03. The molecule has 0 aliphatic carbocycles. The van der Waals surface area contributed by atoms with Crippen LogP contribution in [0.15, 0.2) is 48.8 Å². The molecule has 2 nitrogen and oxygen atoms in total. The van der Waals surface area contributed by atoms with Crippen LogP contribution in [0.2, 0.25) is 0 Å². The average Bonchev–Trinajstić information content (AvgIpc) is 2.50. The molecule has 2 N–H and O–H groups in total. The monoisotopic (exact) mass is 256 g/mol. The summed E-state index contributed by atoms with van der Waals surface area (Å²) in [6.07, 6.45) is 5.52. The molecule has 0 bridgehead atoms. The number of rotatable bonds is 4. The molecule has 1 unspecified atom stereocenters. The molecule has 0 amide bonds. The average molecular weight is 256 g/mol. The molecule has 0 radical (unpaired) electrons. The van der Waals surface area contributed by atoms with Gasteiger partial charge in [0, 0.05) is 18.4 Å². The van der Waals surface area contributed by atoms with Crippen LogP contribution in [0, 0.1) is 0 Å². The highest BCUT2D eigenvalue weighted by molar-refractivity contribution is 5.31. The van der Waals surface area contributed by atoms with Gasteiger partial charge < -0.3 is 5.73 Å². The van der Waals surface area contributed by atoms with E-state index in [4.69, 9.17) is 5.73 Å². The van der Waals surface area contributed by atoms with Crippen molar-refractivity contribution in [1.82, 2.24) is 4.98 Å². The van der Waals surface area contributed by atoms with Gasteiger partial charge in [0.05, 0.1) is 0 Å². The van der Waals surface area contributed by atoms with Gasteiger partial charge in [-0.1, -0.05) is 45.0 Å². The summed E-state index contributed by atoms with van der Waals surface area (Å²) in [6, 6.07) is 12.5. The van der Waals surface area contributed by atoms with Gasteiger partial charge in [-0.05, 0) is 41.7 Å². The molecule has 1 heterocycles. The second-order valence-electron chi connectivity index (χ2n) is 4.22. The lowest BCUT2D eigenvalue weighted by atomic mass is 9.95. The molecule has 1 atom stereocenters. The minimum atomic E-state index is 0.0635. The largest absolute Gasteiger partial charge is 0.324 e. The van der Waals surface area contributed by atoms with Crippen LogP contribution in [0.1, 0.15) is 43.5 Å². The van der Waals surface area contributed by atoms with E-state index in [-0.39, 0.29) is 6.04 Å². The summed E-state index contributed by atoms with van der Waals surface area (Å²) in [5, 5.41) is 0. The molecule has 0 saturated carbocycles. The Balaban J connectivity index is 0.000000861. The molecule has 1 aromatic heterocycles. The maximum atomic E-state index is 6.28. The number of nitrogens with zero attached hydrogens (tertiary/aromatic N) is 1. The fourth-order valence-electron chi connectivity index (χ4n) is 2.10. The fraction of sp³-hybridized carbons (Fsp3) is 0.353. The Labute approximate surface area is 116 Å². The zero-order valence-electron chi connectivity index (χ0n) is 12.1. The molecule has 0 spiro atoms. The van der Waals surface area contributed by atoms with Crippen molar-refractivity contribution < 1.29 is 0 Å². The number of benzene rings is 1. The van der Waals surface area contributed by atoms with Gasteiger partial charge in [-0.15, -0.1) is 0 Å². The van der Waals surface area contributed by atoms with Crippen molar-refractivity contribution in [2.24, 2.45) is 5.73 Å². The molecular weight excluding hydrogens is 232 g/mol. The van der Waals surface area contributed by atoms with Crippen molar-refractivity contribution in [1.29, 1.82) is 0 Å². The minimum Gasteiger partial charge on any atom is -0.324 e. The van der Waals surface area contributed by atoms with E-state index in [0.717, 1.165) is 12.8 Å². The Kier molecular flexibility index (Phi) is 6.83. The number of hydrogen-bond acceptors (Lipinski definition) is 2. The Bertz CT molecular complexity index is 466. The Morgan fingerprint density at radius 2 is 1.68 bits per heavy atom. The van der Waals surface area contributed by atoms with Crippen LogP contribution in [0.4, 0.5) is 0 Å². The van der Waals surface area contributed by atoms with Gasteiger partial charge in [0.15, 0.2) is 0 Å². The standard InChI is InChI=1S/C15H18N2.C2H6/c1-2-13-5-3-4-6-14(13)15(16)11-12-7-9-17-10-8-12;1-2/h3-10,15H,2,11,16H2,1H3;1-2H3. The van der Waals surface area contributed by atoms with Crippen molar-refractivity contribution in [2.75, 3.05) is 0 Å². The van der Waals surface area contributed by atoms with E-state index in [9.17, 15) is 0 Å². The van der Waals surface area contributed by atoms with E-state index in [1.165, 1.54) is 16.7 Å². The second kappa shape index (κ2) is 8.44. The van der Waals surface area contributed by atoms with E-state index >= 15 is 0 Å². The smallest absolute Gasteiger partial charge is 0.0338 e. The van der Waals surface area contributed by atoms with Crippen molar-refractivity contribution in [2.45, 2.75) is 39.7 Å². The summed E-state index contributed by atoms with van der Waals surface area (Å²) < 4.78 is 0. The van der Waals surface area contributed by atoms with Crippen LogP contribution in [0.3, 0.4) is 0 Å². The maximum Gasteiger partial charge on any atom is 0.0338 e. The summed E-state index contributed by atoms with van der Waals surface area (Å²) >= 11 is 0. The Morgan fingerprint density at radius 1 is 1.05 bits per heavy atom. The van der Waals surface area contributed by atoms with Crippen molar-refractivity contribution in [3.05, 3.63) is 65.5 Å². The number of nitrogens with two attached hydrogens (primary N) is 1. The predicted molar refractivity (Wildman–Crippen MR) is 82.0 cm³/mol. The first kappa shape index (κ1) is 15.4. The van der Waals surface area contributed by atoms with Crippen molar-refractivity contribution in [3.8, 4) is 0 Å². The molecule has 1 aromatic carbocycles. The quantitative estimate of drug-likeness (QED) is 0.900. The third kappa shape index (κ3) is 4.49. The van der Waals surface area contributed by atoms with Crippen molar-refractivity contribution >= 4 is 0 Å². The van der Waals surface area contributed by atoms with Gasteiger partial charge >= 0.3 is 0 Å². The topological polar surface area (TPSA) is 38.9 Å². The molecule has 102 valence electrons. The van der Waals surface area contributed by atoms with Crippen LogP contribution in [0.5, 0.6) is 0 Å². The Morgan fingerprint density at radius 3 is 2.32 bits per heavy atom. The lowest BCUT2D eigenvalue weighted by Crippen LogP contribution is -2.15. The summed E-state index contributed by atoms with van der Waals surface area (Å²) in [5.41, 5.74) is 10.1. The summed E-state index contributed by atoms with van der Waals surface area (Å²) in [5.74, 6) is 0. The number of aryl methyl sites for hydroxylation is 1. The Hall–Kier alpha value is -1.67. The van der Waals surface area contributed by atoms with Crippen LogP contribution in [-0.2, 0) is 12.8 Å². The summed E-state index contributed by atoms with van der Waals surface area (Å²) in [6.45, 7) is 6.16. The molecule has 0 aliphatic rings.